The molecule has 8 nitrogen and oxygen atoms in total. The third-order valence-electron chi connectivity index (χ3n) is 6.64. The number of carbonyl (C=O) groups is 1. The maximum atomic E-state index is 12.6. The highest BCUT2D eigenvalue weighted by Crippen LogP contribution is 2.23. The quantitative estimate of drug-likeness (QED) is 0.431. The predicted molar refractivity (Wildman–Crippen MR) is 142 cm³/mol. The monoisotopic (exact) mass is 485 g/mol. The normalized spacial score (nSPS) is 14.3. The maximum absolute atomic E-state index is 12.6. The number of nitrogens with zero attached hydrogens (tertiary/aromatic N) is 4. The van der Waals surface area contributed by atoms with Crippen molar-refractivity contribution in [2.75, 3.05) is 44.7 Å². The molecule has 1 amide bonds. The van der Waals surface area contributed by atoms with Crippen molar-refractivity contribution >= 4 is 22.7 Å². The van der Waals surface area contributed by atoms with Gasteiger partial charge in [0.25, 0.3) is 5.91 Å². The average Bonchev–Trinajstić information content (AvgIpc) is 3.22. The van der Waals surface area contributed by atoms with Crippen molar-refractivity contribution in [3.63, 3.8) is 0 Å². The Labute approximate surface area is 210 Å². The molecule has 2 aromatic heterocycles. The van der Waals surface area contributed by atoms with Crippen LogP contribution in [0, 0.1) is 0 Å². The van der Waals surface area contributed by atoms with Crippen molar-refractivity contribution in [2.45, 2.75) is 19.9 Å². The number of nitrogens with one attached hydrogen (secondary N) is 1. The zero-order valence-corrected chi connectivity index (χ0v) is 20.7. The summed E-state index contributed by atoms with van der Waals surface area (Å²) in [5.74, 6) is -0.608. The number of likely N-dealkylation sites (N-methyl/N-ethyl adjacent to an activating group) is 1. The lowest BCUT2D eigenvalue weighted by molar-refractivity contribution is 0.0954. The van der Waals surface area contributed by atoms with Crippen molar-refractivity contribution in [1.82, 2.24) is 19.8 Å². The first-order valence-corrected chi connectivity index (χ1v) is 12.4. The highest BCUT2D eigenvalue weighted by Gasteiger charge is 2.16. The number of anilines is 1. The van der Waals surface area contributed by atoms with Gasteiger partial charge in [-0.05, 0) is 55.4 Å². The van der Waals surface area contributed by atoms with Crippen LogP contribution in [0.1, 0.15) is 29.3 Å². The van der Waals surface area contributed by atoms with Gasteiger partial charge in [0.1, 0.15) is 0 Å². The van der Waals surface area contributed by atoms with Crippen LogP contribution >= 0.6 is 0 Å². The summed E-state index contributed by atoms with van der Waals surface area (Å²) in [6.45, 7) is 7.05. The summed E-state index contributed by atoms with van der Waals surface area (Å²) in [7, 11) is 2.15. The largest absolute Gasteiger partial charge is 0.420 e. The Morgan fingerprint density at radius 3 is 2.64 bits per heavy atom. The zero-order chi connectivity index (χ0) is 25.1. The highest BCUT2D eigenvalue weighted by atomic mass is 16.4. The van der Waals surface area contributed by atoms with Gasteiger partial charge >= 0.3 is 5.76 Å². The molecule has 3 heterocycles. The van der Waals surface area contributed by atoms with Gasteiger partial charge in [-0.1, -0.05) is 25.1 Å². The van der Waals surface area contributed by atoms with E-state index in [9.17, 15) is 9.59 Å². The number of carbonyl (C=O) groups excluding carboxylic acids is 1. The van der Waals surface area contributed by atoms with E-state index in [1.807, 2.05) is 43.5 Å². The molecule has 1 aliphatic rings. The van der Waals surface area contributed by atoms with Gasteiger partial charge < -0.3 is 19.5 Å². The fraction of sp³-hybridized carbons (Fsp3) is 0.321. The van der Waals surface area contributed by atoms with Crippen molar-refractivity contribution in [1.29, 1.82) is 0 Å². The molecule has 2 aromatic carbocycles. The summed E-state index contributed by atoms with van der Waals surface area (Å²) in [6, 6.07) is 17.3. The molecule has 4 aromatic rings. The molecule has 1 N–H and O–H groups in total. The van der Waals surface area contributed by atoms with Crippen LogP contribution in [-0.4, -0.2) is 60.1 Å². The minimum Gasteiger partial charge on any atom is -0.408 e. The molecule has 0 radical (unpaired) electrons. The van der Waals surface area contributed by atoms with Crippen LogP contribution in [0.4, 0.5) is 5.69 Å². The van der Waals surface area contributed by atoms with E-state index in [0.717, 1.165) is 55.1 Å². The summed E-state index contributed by atoms with van der Waals surface area (Å²) in [6.07, 6.45) is 2.79. The highest BCUT2D eigenvalue weighted by molar-refractivity contribution is 5.97. The molecule has 36 heavy (non-hydrogen) atoms. The molecule has 0 atom stereocenters. The fourth-order valence-electron chi connectivity index (χ4n) is 4.51. The molecular weight excluding hydrogens is 454 g/mol. The van der Waals surface area contributed by atoms with E-state index in [0.29, 0.717) is 29.8 Å². The average molecular weight is 486 g/mol. The van der Waals surface area contributed by atoms with Crippen LogP contribution in [0.3, 0.4) is 0 Å². The third kappa shape index (κ3) is 5.04. The SMILES string of the molecule is CCCNC(=O)c1ccc2oc(=O)n(Cc3cccc(-c4ccc(N5CCN(C)CC5)cn4)c3)c2c1. The number of rotatable bonds is 7. The Morgan fingerprint density at radius 2 is 1.89 bits per heavy atom. The second kappa shape index (κ2) is 10.4. The van der Waals surface area contributed by atoms with Gasteiger partial charge in [0.2, 0.25) is 0 Å². The second-order valence-electron chi connectivity index (χ2n) is 9.28. The van der Waals surface area contributed by atoms with Crippen LogP contribution in [0.25, 0.3) is 22.4 Å². The van der Waals surface area contributed by atoms with E-state index in [1.54, 1.807) is 22.8 Å². The number of hydrogen-bond acceptors (Lipinski definition) is 6. The summed E-state index contributed by atoms with van der Waals surface area (Å²) in [5, 5.41) is 2.87. The Balaban J connectivity index is 1.37. The number of amides is 1. The number of hydrogen-bond donors (Lipinski definition) is 1. The summed E-state index contributed by atoms with van der Waals surface area (Å²) < 4.78 is 7.00. The standard InChI is InChI=1S/C28H31N5O3/c1-3-11-29-27(34)22-7-10-26-25(17-22)33(28(35)36-26)19-20-5-4-6-21(16-20)24-9-8-23(18-30-24)32-14-12-31(2)13-15-32/h4-10,16-18H,3,11-15,19H2,1-2H3,(H,29,34). The number of aromatic nitrogens is 2. The molecule has 0 unspecified atom stereocenters. The first-order chi connectivity index (χ1) is 17.5. The molecule has 1 fully saturated rings. The van der Waals surface area contributed by atoms with Gasteiger partial charge in [0, 0.05) is 43.9 Å². The number of oxazole rings is 1. The molecule has 1 saturated heterocycles. The molecule has 0 spiro atoms. The summed E-state index contributed by atoms with van der Waals surface area (Å²) in [4.78, 5) is 34.5. The molecule has 8 heteroatoms. The van der Waals surface area contributed by atoms with Crippen molar-refractivity contribution in [2.24, 2.45) is 0 Å². The van der Waals surface area contributed by atoms with Gasteiger partial charge in [-0.3, -0.25) is 14.3 Å². The summed E-state index contributed by atoms with van der Waals surface area (Å²) >= 11 is 0. The van der Waals surface area contributed by atoms with Crippen molar-refractivity contribution < 1.29 is 9.21 Å². The van der Waals surface area contributed by atoms with E-state index in [4.69, 9.17) is 9.40 Å². The topological polar surface area (TPSA) is 83.6 Å². The van der Waals surface area contributed by atoms with Crippen LogP contribution in [-0.2, 0) is 6.54 Å². The smallest absolute Gasteiger partial charge is 0.408 e. The molecule has 0 saturated carbocycles. The molecule has 186 valence electrons. The number of pyridine rings is 1. The number of fused-ring (bicyclic) bond motifs is 1. The van der Waals surface area contributed by atoms with Gasteiger partial charge in [0.05, 0.1) is 29.6 Å². The minimum absolute atomic E-state index is 0.160. The van der Waals surface area contributed by atoms with Crippen molar-refractivity contribution in [3.05, 3.63) is 82.5 Å². The Bertz CT molecular complexity index is 1420. The van der Waals surface area contributed by atoms with Gasteiger partial charge in [0.15, 0.2) is 5.58 Å². The van der Waals surface area contributed by atoms with E-state index < -0.39 is 5.76 Å². The Kier molecular flexibility index (Phi) is 6.86. The molecular formula is C28H31N5O3. The minimum atomic E-state index is -0.448. The van der Waals surface area contributed by atoms with Crippen LogP contribution in [0.15, 0.2) is 70.0 Å². The predicted octanol–water partition coefficient (Wildman–Crippen LogP) is 3.60. The zero-order valence-electron chi connectivity index (χ0n) is 20.7. The van der Waals surface area contributed by atoms with Crippen LogP contribution in [0.2, 0.25) is 0 Å². The van der Waals surface area contributed by atoms with Gasteiger partial charge in [-0.2, -0.15) is 0 Å². The molecule has 0 aliphatic carbocycles. The fourth-order valence-corrected chi connectivity index (χ4v) is 4.51. The van der Waals surface area contributed by atoms with Crippen LogP contribution < -0.4 is 16.0 Å². The van der Waals surface area contributed by atoms with E-state index in [2.05, 4.69) is 28.2 Å². The lowest BCUT2D eigenvalue weighted by atomic mass is 10.1. The molecule has 0 bridgehead atoms. The molecule has 1 aliphatic heterocycles. The van der Waals surface area contributed by atoms with E-state index in [-0.39, 0.29) is 5.91 Å². The lowest BCUT2D eigenvalue weighted by Gasteiger charge is -2.33. The number of piperazine rings is 1. The first-order valence-electron chi connectivity index (χ1n) is 12.4. The van der Waals surface area contributed by atoms with Gasteiger partial charge in [-0.15, -0.1) is 0 Å². The van der Waals surface area contributed by atoms with Gasteiger partial charge in [-0.25, -0.2) is 4.79 Å². The molecule has 5 rings (SSSR count). The van der Waals surface area contributed by atoms with Crippen LogP contribution in [0.5, 0.6) is 0 Å². The Morgan fingerprint density at radius 1 is 1.06 bits per heavy atom. The maximum Gasteiger partial charge on any atom is 0.420 e. The number of benzene rings is 2. The first kappa shape index (κ1) is 23.8. The Hall–Kier alpha value is -3.91. The van der Waals surface area contributed by atoms with E-state index >= 15 is 0 Å². The van der Waals surface area contributed by atoms with E-state index in [1.165, 1.54) is 0 Å². The summed E-state index contributed by atoms with van der Waals surface area (Å²) in [5.41, 5.74) is 5.52. The third-order valence-corrected chi connectivity index (χ3v) is 6.64. The van der Waals surface area contributed by atoms with Crippen molar-refractivity contribution in [3.8, 4) is 11.3 Å². The lowest BCUT2D eigenvalue weighted by Crippen LogP contribution is -2.44. The second-order valence-corrected chi connectivity index (χ2v) is 9.28.